The van der Waals surface area contributed by atoms with Crippen molar-refractivity contribution in [3.05, 3.63) is 0 Å². The first kappa shape index (κ1) is 24.6. The van der Waals surface area contributed by atoms with Gasteiger partial charge in [0.05, 0.1) is 6.10 Å². The van der Waals surface area contributed by atoms with Gasteiger partial charge in [-0.15, -0.1) is 0 Å². The number of aliphatic hydroxyl groups excluding tert-OH is 1. The Morgan fingerprint density at radius 3 is 1.88 bits per heavy atom. The van der Waals surface area contributed by atoms with Gasteiger partial charge in [-0.3, -0.25) is 0 Å². The zero-order chi connectivity index (χ0) is 18.9. The summed E-state index contributed by atoms with van der Waals surface area (Å²) in [7, 11) is 0. The van der Waals surface area contributed by atoms with Gasteiger partial charge in [0, 0.05) is 6.42 Å². The molecule has 0 spiro atoms. The van der Waals surface area contributed by atoms with Crippen LogP contribution in [-0.2, 0) is 4.79 Å². The van der Waals surface area contributed by atoms with Crippen LogP contribution >= 0.6 is 0 Å². The van der Waals surface area contributed by atoms with Gasteiger partial charge in [0.15, 0.2) is 0 Å². The van der Waals surface area contributed by atoms with Crippen LogP contribution < -0.4 is 0 Å². The van der Waals surface area contributed by atoms with Crippen molar-refractivity contribution < 1.29 is 9.90 Å². The van der Waals surface area contributed by atoms with Crippen LogP contribution in [0.25, 0.3) is 0 Å². The van der Waals surface area contributed by atoms with Gasteiger partial charge >= 0.3 is 0 Å². The van der Waals surface area contributed by atoms with E-state index in [1.807, 2.05) is 0 Å². The van der Waals surface area contributed by atoms with Crippen molar-refractivity contribution in [2.45, 2.75) is 130 Å². The van der Waals surface area contributed by atoms with E-state index in [1.54, 1.807) is 6.92 Å². The van der Waals surface area contributed by atoms with Crippen LogP contribution in [0.4, 0.5) is 0 Å². The molecule has 0 heterocycles. The van der Waals surface area contributed by atoms with E-state index in [0.717, 1.165) is 31.6 Å². The number of hydrogen-bond donors (Lipinski definition) is 1. The lowest BCUT2D eigenvalue weighted by molar-refractivity contribution is -0.117. The zero-order valence-electron chi connectivity index (χ0n) is 17.7. The number of carbonyl (C=O) groups is 1. The van der Waals surface area contributed by atoms with Crippen LogP contribution in [-0.4, -0.2) is 17.0 Å². The smallest absolute Gasteiger partial charge is 0.129 e. The van der Waals surface area contributed by atoms with Gasteiger partial charge in [0.1, 0.15) is 5.78 Å². The fourth-order valence-electron chi connectivity index (χ4n) is 3.59. The van der Waals surface area contributed by atoms with Crippen LogP contribution in [0, 0.1) is 11.8 Å². The van der Waals surface area contributed by atoms with Crippen molar-refractivity contribution in [1.29, 1.82) is 0 Å². The number of rotatable bonds is 18. The highest BCUT2D eigenvalue weighted by Gasteiger charge is 2.16. The van der Waals surface area contributed by atoms with E-state index in [2.05, 4.69) is 20.8 Å². The van der Waals surface area contributed by atoms with Gasteiger partial charge in [-0.2, -0.15) is 0 Å². The van der Waals surface area contributed by atoms with Crippen molar-refractivity contribution in [2.24, 2.45) is 11.8 Å². The van der Waals surface area contributed by atoms with E-state index in [0.29, 0.717) is 11.7 Å². The summed E-state index contributed by atoms with van der Waals surface area (Å²) in [5.41, 5.74) is 0. The van der Waals surface area contributed by atoms with Gasteiger partial charge < -0.3 is 9.90 Å². The summed E-state index contributed by atoms with van der Waals surface area (Å²) in [4.78, 5) is 10.9. The summed E-state index contributed by atoms with van der Waals surface area (Å²) < 4.78 is 0. The fourth-order valence-corrected chi connectivity index (χ4v) is 3.59. The monoisotopic (exact) mass is 354 g/mol. The molecular weight excluding hydrogens is 308 g/mol. The Hall–Kier alpha value is -0.370. The maximum absolute atomic E-state index is 10.9. The molecule has 150 valence electrons. The quantitative estimate of drug-likeness (QED) is 0.267. The summed E-state index contributed by atoms with van der Waals surface area (Å²) in [6, 6.07) is 0. The van der Waals surface area contributed by atoms with E-state index < -0.39 is 0 Å². The van der Waals surface area contributed by atoms with Gasteiger partial charge in [0.25, 0.3) is 0 Å². The highest BCUT2D eigenvalue weighted by Crippen LogP contribution is 2.24. The standard InChI is InChI=1S/C23H46O2/c1-5-6-7-15-18-23(25)19-21(3)20(2)16-13-11-9-8-10-12-14-17-22(4)24/h20-21,23,25H,5-19H2,1-4H3. The second-order valence-electron chi connectivity index (χ2n) is 8.41. The molecule has 0 amide bonds. The van der Waals surface area contributed by atoms with Crippen molar-refractivity contribution in [3.63, 3.8) is 0 Å². The number of Topliss-reactive ketones (excluding diaryl/α,β-unsaturated/α-hetero) is 1. The predicted molar refractivity (Wildman–Crippen MR) is 110 cm³/mol. The molecule has 0 radical (unpaired) electrons. The average Bonchev–Trinajstić information content (AvgIpc) is 2.56. The van der Waals surface area contributed by atoms with Gasteiger partial charge in [0.2, 0.25) is 0 Å². The predicted octanol–water partition coefficient (Wildman–Crippen LogP) is 7.08. The number of hydrogen-bond acceptors (Lipinski definition) is 2. The Labute approximate surface area is 158 Å². The molecule has 3 unspecified atom stereocenters. The number of ketones is 1. The molecule has 0 aromatic carbocycles. The van der Waals surface area contributed by atoms with Crippen LogP contribution in [0.15, 0.2) is 0 Å². The maximum Gasteiger partial charge on any atom is 0.129 e. The topological polar surface area (TPSA) is 37.3 Å². The molecule has 0 fully saturated rings. The SMILES string of the molecule is CCCCCCC(O)CC(C)C(C)CCCCCCCCCC(C)=O. The summed E-state index contributed by atoms with van der Waals surface area (Å²) in [6.45, 7) is 8.59. The van der Waals surface area contributed by atoms with E-state index >= 15 is 0 Å². The molecule has 0 aliphatic carbocycles. The number of carbonyl (C=O) groups excluding carboxylic acids is 1. The molecule has 1 N–H and O–H groups in total. The fraction of sp³-hybridized carbons (Fsp3) is 0.957. The molecular formula is C23H46O2. The first-order valence-corrected chi connectivity index (χ1v) is 11.1. The summed E-state index contributed by atoms with van der Waals surface area (Å²) >= 11 is 0. The third kappa shape index (κ3) is 16.8. The molecule has 0 aromatic heterocycles. The number of aliphatic hydroxyl groups is 1. The van der Waals surface area contributed by atoms with Crippen LogP contribution in [0.3, 0.4) is 0 Å². The van der Waals surface area contributed by atoms with Gasteiger partial charge in [-0.05, 0) is 38.0 Å². The minimum absolute atomic E-state index is 0.0932. The Morgan fingerprint density at radius 2 is 1.28 bits per heavy atom. The molecule has 0 saturated carbocycles. The van der Waals surface area contributed by atoms with Gasteiger partial charge in [-0.25, -0.2) is 0 Å². The van der Waals surface area contributed by atoms with Crippen molar-refractivity contribution in [3.8, 4) is 0 Å². The van der Waals surface area contributed by atoms with Crippen molar-refractivity contribution >= 4 is 5.78 Å². The minimum atomic E-state index is -0.0932. The molecule has 0 aliphatic heterocycles. The Kier molecular flexibility index (Phi) is 16.8. The van der Waals surface area contributed by atoms with E-state index in [4.69, 9.17) is 0 Å². The second kappa shape index (κ2) is 17.1. The lowest BCUT2D eigenvalue weighted by atomic mass is 9.85. The minimum Gasteiger partial charge on any atom is -0.393 e. The Morgan fingerprint density at radius 1 is 0.760 bits per heavy atom. The highest BCUT2D eigenvalue weighted by molar-refractivity contribution is 5.75. The molecule has 0 aromatic rings. The lowest BCUT2D eigenvalue weighted by Crippen LogP contribution is -2.17. The Balaban J connectivity index is 3.51. The summed E-state index contributed by atoms with van der Waals surface area (Å²) in [5, 5.41) is 10.2. The van der Waals surface area contributed by atoms with Crippen LogP contribution in [0.1, 0.15) is 124 Å². The Bertz CT molecular complexity index is 300. The molecule has 0 saturated heterocycles. The largest absolute Gasteiger partial charge is 0.393 e. The summed E-state index contributed by atoms with van der Waals surface area (Å²) in [5.74, 6) is 1.68. The van der Waals surface area contributed by atoms with E-state index in [9.17, 15) is 9.90 Å². The second-order valence-corrected chi connectivity index (χ2v) is 8.41. The lowest BCUT2D eigenvalue weighted by Gasteiger charge is -2.22. The average molecular weight is 355 g/mol. The molecule has 0 bridgehead atoms. The first-order valence-electron chi connectivity index (χ1n) is 11.1. The third-order valence-corrected chi connectivity index (χ3v) is 5.69. The molecule has 3 atom stereocenters. The van der Waals surface area contributed by atoms with E-state index in [1.165, 1.54) is 70.6 Å². The first-order chi connectivity index (χ1) is 12.0. The maximum atomic E-state index is 10.9. The van der Waals surface area contributed by atoms with Crippen molar-refractivity contribution in [1.82, 2.24) is 0 Å². The summed E-state index contributed by atoms with van der Waals surface area (Å²) in [6.07, 6.45) is 17.8. The molecule has 0 aliphatic rings. The molecule has 2 nitrogen and oxygen atoms in total. The van der Waals surface area contributed by atoms with Crippen molar-refractivity contribution in [2.75, 3.05) is 0 Å². The van der Waals surface area contributed by atoms with Crippen LogP contribution in [0.5, 0.6) is 0 Å². The molecule has 2 heteroatoms. The number of unbranched alkanes of at least 4 members (excludes halogenated alkanes) is 9. The van der Waals surface area contributed by atoms with Gasteiger partial charge in [-0.1, -0.05) is 91.4 Å². The normalized spacial score (nSPS) is 15.1. The molecule has 0 rings (SSSR count). The van der Waals surface area contributed by atoms with Crippen LogP contribution in [0.2, 0.25) is 0 Å². The highest BCUT2D eigenvalue weighted by atomic mass is 16.3. The zero-order valence-corrected chi connectivity index (χ0v) is 17.7. The molecule has 25 heavy (non-hydrogen) atoms. The third-order valence-electron chi connectivity index (χ3n) is 5.69. The van der Waals surface area contributed by atoms with E-state index in [-0.39, 0.29) is 6.10 Å².